The Kier molecular flexibility index (Phi) is 7.46. The summed E-state index contributed by atoms with van der Waals surface area (Å²) >= 11 is 0. The molecule has 0 heterocycles. The summed E-state index contributed by atoms with van der Waals surface area (Å²) in [6.07, 6.45) is 3.35. The van der Waals surface area contributed by atoms with Gasteiger partial charge >= 0.3 is 0 Å². The van der Waals surface area contributed by atoms with Gasteiger partial charge in [-0.1, -0.05) is 44.2 Å². The standard InChI is InChI=1S/C17H27NO/c1-14(2)16-7-9-17(10-8-16)15(3)6-5-11-18-12-13-19-4/h6-10,14,18H,5,11-13H2,1-4H3. The summed E-state index contributed by atoms with van der Waals surface area (Å²) in [6.45, 7) is 9.34. The molecule has 1 aromatic carbocycles. The second-order valence-corrected chi connectivity index (χ2v) is 5.20. The topological polar surface area (TPSA) is 21.3 Å². The summed E-state index contributed by atoms with van der Waals surface area (Å²) in [5.41, 5.74) is 4.07. The number of nitrogens with one attached hydrogen (secondary N) is 1. The van der Waals surface area contributed by atoms with Crippen molar-refractivity contribution in [3.63, 3.8) is 0 Å². The first-order chi connectivity index (χ1) is 9.15. The average Bonchev–Trinajstić information content (AvgIpc) is 2.42. The molecule has 0 spiro atoms. The van der Waals surface area contributed by atoms with Crippen LogP contribution in [0.5, 0.6) is 0 Å². The molecule has 0 amide bonds. The van der Waals surface area contributed by atoms with Gasteiger partial charge in [0.1, 0.15) is 0 Å². The predicted octanol–water partition coefficient (Wildman–Crippen LogP) is 3.84. The SMILES string of the molecule is COCCNCCC=C(C)c1ccc(C(C)C)cc1. The number of methoxy groups -OCH3 is 1. The average molecular weight is 261 g/mol. The van der Waals surface area contributed by atoms with Crippen molar-refractivity contribution in [2.75, 3.05) is 26.8 Å². The third-order valence-electron chi connectivity index (χ3n) is 3.29. The molecule has 0 fully saturated rings. The van der Waals surface area contributed by atoms with Gasteiger partial charge in [-0.15, -0.1) is 0 Å². The molecule has 0 aliphatic heterocycles. The number of hydrogen-bond donors (Lipinski definition) is 1. The number of rotatable bonds is 8. The molecular formula is C17H27NO. The van der Waals surface area contributed by atoms with Gasteiger partial charge in [-0.25, -0.2) is 0 Å². The molecule has 0 unspecified atom stereocenters. The summed E-state index contributed by atoms with van der Waals surface area (Å²) in [5, 5.41) is 3.35. The Labute approximate surface area is 117 Å². The first kappa shape index (κ1) is 15.9. The summed E-state index contributed by atoms with van der Waals surface area (Å²) in [7, 11) is 1.73. The maximum atomic E-state index is 4.99. The molecule has 106 valence electrons. The van der Waals surface area contributed by atoms with Crippen LogP contribution in [0.2, 0.25) is 0 Å². The van der Waals surface area contributed by atoms with Crippen molar-refractivity contribution in [1.29, 1.82) is 0 Å². The molecule has 0 saturated carbocycles. The lowest BCUT2D eigenvalue weighted by molar-refractivity contribution is 0.199. The van der Waals surface area contributed by atoms with E-state index in [1.165, 1.54) is 16.7 Å². The van der Waals surface area contributed by atoms with Gasteiger partial charge in [0.2, 0.25) is 0 Å². The molecule has 2 heteroatoms. The van der Waals surface area contributed by atoms with E-state index in [1.807, 2.05) is 0 Å². The molecule has 1 rings (SSSR count). The normalized spacial score (nSPS) is 12.2. The van der Waals surface area contributed by atoms with Crippen LogP contribution in [0.25, 0.3) is 5.57 Å². The van der Waals surface area contributed by atoms with Crippen molar-refractivity contribution in [2.45, 2.75) is 33.1 Å². The lowest BCUT2D eigenvalue weighted by atomic mass is 9.99. The van der Waals surface area contributed by atoms with Crippen molar-refractivity contribution in [2.24, 2.45) is 0 Å². The van der Waals surface area contributed by atoms with E-state index in [2.05, 4.69) is 56.4 Å². The molecule has 1 aromatic rings. The number of hydrogen-bond acceptors (Lipinski definition) is 2. The van der Waals surface area contributed by atoms with Crippen LogP contribution in [0.1, 0.15) is 44.2 Å². The Hall–Kier alpha value is -1.12. The van der Waals surface area contributed by atoms with Gasteiger partial charge in [-0.2, -0.15) is 0 Å². The molecular weight excluding hydrogens is 234 g/mol. The highest BCUT2D eigenvalue weighted by Gasteiger charge is 1.99. The zero-order valence-electron chi connectivity index (χ0n) is 12.7. The van der Waals surface area contributed by atoms with E-state index in [-0.39, 0.29) is 0 Å². The fourth-order valence-corrected chi connectivity index (χ4v) is 1.94. The predicted molar refractivity (Wildman–Crippen MR) is 83.5 cm³/mol. The van der Waals surface area contributed by atoms with Crippen LogP contribution in [-0.2, 0) is 4.74 Å². The second-order valence-electron chi connectivity index (χ2n) is 5.20. The van der Waals surface area contributed by atoms with E-state index in [9.17, 15) is 0 Å². The van der Waals surface area contributed by atoms with E-state index < -0.39 is 0 Å². The fraction of sp³-hybridized carbons (Fsp3) is 0.529. The smallest absolute Gasteiger partial charge is 0.0587 e. The van der Waals surface area contributed by atoms with Crippen LogP contribution in [0.15, 0.2) is 30.3 Å². The number of allylic oxidation sites excluding steroid dienone is 1. The Bertz CT molecular complexity index is 379. The van der Waals surface area contributed by atoms with Crippen LogP contribution < -0.4 is 5.32 Å². The van der Waals surface area contributed by atoms with Gasteiger partial charge in [-0.05, 0) is 42.5 Å². The van der Waals surface area contributed by atoms with Crippen LogP contribution in [0.3, 0.4) is 0 Å². The molecule has 1 N–H and O–H groups in total. The molecule has 0 radical (unpaired) electrons. The van der Waals surface area contributed by atoms with Gasteiger partial charge in [0.25, 0.3) is 0 Å². The van der Waals surface area contributed by atoms with Crippen molar-refractivity contribution in [3.05, 3.63) is 41.5 Å². The summed E-state index contributed by atoms with van der Waals surface area (Å²) in [5.74, 6) is 0.600. The molecule has 0 saturated heterocycles. The third-order valence-corrected chi connectivity index (χ3v) is 3.29. The Morgan fingerprint density at radius 3 is 2.47 bits per heavy atom. The lowest BCUT2D eigenvalue weighted by Gasteiger charge is -2.07. The summed E-state index contributed by atoms with van der Waals surface area (Å²) in [6, 6.07) is 8.90. The molecule has 0 aliphatic carbocycles. The maximum Gasteiger partial charge on any atom is 0.0587 e. The molecule has 0 aromatic heterocycles. The first-order valence-corrected chi connectivity index (χ1v) is 7.12. The monoisotopic (exact) mass is 261 g/mol. The van der Waals surface area contributed by atoms with Crippen LogP contribution >= 0.6 is 0 Å². The molecule has 0 atom stereocenters. The number of benzene rings is 1. The molecule has 2 nitrogen and oxygen atoms in total. The minimum absolute atomic E-state index is 0.600. The van der Waals surface area contributed by atoms with Crippen molar-refractivity contribution < 1.29 is 4.74 Å². The fourth-order valence-electron chi connectivity index (χ4n) is 1.94. The highest BCUT2D eigenvalue weighted by atomic mass is 16.5. The molecule has 0 bridgehead atoms. The largest absolute Gasteiger partial charge is 0.383 e. The first-order valence-electron chi connectivity index (χ1n) is 7.12. The van der Waals surface area contributed by atoms with E-state index in [0.29, 0.717) is 5.92 Å². The zero-order valence-corrected chi connectivity index (χ0v) is 12.7. The van der Waals surface area contributed by atoms with E-state index >= 15 is 0 Å². The highest BCUT2D eigenvalue weighted by Crippen LogP contribution is 2.19. The van der Waals surface area contributed by atoms with Gasteiger partial charge < -0.3 is 10.1 Å². The van der Waals surface area contributed by atoms with E-state index in [0.717, 1.165) is 26.1 Å². The second kappa shape index (κ2) is 8.89. The van der Waals surface area contributed by atoms with Gasteiger partial charge in [0.15, 0.2) is 0 Å². The van der Waals surface area contributed by atoms with E-state index in [4.69, 9.17) is 4.74 Å². The number of ether oxygens (including phenoxy) is 1. The van der Waals surface area contributed by atoms with Crippen LogP contribution in [0, 0.1) is 0 Å². The highest BCUT2D eigenvalue weighted by molar-refractivity contribution is 5.63. The summed E-state index contributed by atoms with van der Waals surface area (Å²) in [4.78, 5) is 0. The quantitative estimate of drug-likeness (QED) is 0.718. The van der Waals surface area contributed by atoms with Crippen molar-refractivity contribution in [3.8, 4) is 0 Å². The maximum absolute atomic E-state index is 4.99. The zero-order chi connectivity index (χ0) is 14.1. The molecule has 0 aliphatic rings. The minimum atomic E-state index is 0.600. The van der Waals surface area contributed by atoms with Crippen molar-refractivity contribution in [1.82, 2.24) is 5.32 Å². The molecule has 19 heavy (non-hydrogen) atoms. The summed E-state index contributed by atoms with van der Waals surface area (Å²) < 4.78 is 4.99. The van der Waals surface area contributed by atoms with Gasteiger partial charge in [0, 0.05) is 13.7 Å². The Morgan fingerprint density at radius 1 is 1.21 bits per heavy atom. The van der Waals surface area contributed by atoms with Crippen LogP contribution in [0.4, 0.5) is 0 Å². The van der Waals surface area contributed by atoms with Crippen LogP contribution in [-0.4, -0.2) is 26.8 Å². The Balaban J connectivity index is 2.41. The Morgan fingerprint density at radius 2 is 1.89 bits per heavy atom. The lowest BCUT2D eigenvalue weighted by Crippen LogP contribution is -2.19. The van der Waals surface area contributed by atoms with Gasteiger partial charge in [-0.3, -0.25) is 0 Å². The third kappa shape index (κ3) is 6.04. The van der Waals surface area contributed by atoms with E-state index in [1.54, 1.807) is 7.11 Å². The minimum Gasteiger partial charge on any atom is -0.383 e. The van der Waals surface area contributed by atoms with Gasteiger partial charge in [0.05, 0.1) is 6.61 Å². The van der Waals surface area contributed by atoms with Crippen molar-refractivity contribution >= 4 is 5.57 Å².